The number of aromatic hydroxyl groups is 2. The van der Waals surface area contributed by atoms with Crippen molar-refractivity contribution in [1.82, 2.24) is 4.90 Å². The van der Waals surface area contributed by atoms with E-state index in [0.29, 0.717) is 18.8 Å². The Balaban J connectivity index is 2.26. The average molecular weight is 301 g/mol. The molecule has 0 heterocycles. The van der Waals surface area contributed by atoms with Gasteiger partial charge >= 0.3 is 0 Å². The summed E-state index contributed by atoms with van der Waals surface area (Å²) in [4.78, 5) is 14.1. The molecule has 5 nitrogen and oxygen atoms in total. The molecule has 0 aliphatic rings. The minimum atomic E-state index is -0.416. The molecule has 0 spiro atoms. The SMILES string of the molecule is CCN(Cc1cccc(OC)c1)C(=O)c1c(O)cccc1O. The van der Waals surface area contributed by atoms with Gasteiger partial charge in [-0.2, -0.15) is 0 Å². The molecule has 0 saturated carbocycles. The number of nitrogens with zero attached hydrogens (tertiary/aromatic N) is 1. The van der Waals surface area contributed by atoms with Crippen molar-refractivity contribution < 1.29 is 19.7 Å². The van der Waals surface area contributed by atoms with Gasteiger partial charge in [-0.05, 0) is 36.8 Å². The molecule has 0 bridgehead atoms. The number of hydrogen-bond donors (Lipinski definition) is 2. The Kier molecular flexibility index (Phi) is 4.88. The first-order chi connectivity index (χ1) is 10.6. The van der Waals surface area contributed by atoms with Crippen LogP contribution in [-0.4, -0.2) is 34.7 Å². The van der Waals surface area contributed by atoms with Crippen LogP contribution in [0.5, 0.6) is 17.2 Å². The second-order valence-electron chi connectivity index (χ2n) is 4.84. The van der Waals surface area contributed by atoms with Crippen molar-refractivity contribution in [2.24, 2.45) is 0 Å². The average Bonchev–Trinajstić information content (AvgIpc) is 2.52. The second kappa shape index (κ2) is 6.85. The molecule has 2 aromatic rings. The number of benzene rings is 2. The molecule has 0 radical (unpaired) electrons. The zero-order chi connectivity index (χ0) is 16.1. The second-order valence-corrected chi connectivity index (χ2v) is 4.84. The lowest BCUT2D eigenvalue weighted by molar-refractivity contribution is 0.0746. The van der Waals surface area contributed by atoms with E-state index in [0.717, 1.165) is 5.56 Å². The van der Waals surface area contributed by atoms with E-state index in [2.05, 4.69) is 0 Å². The Hall–Kier alpha value is -2.69. The number of hydrogen-bond acceptors (Lipinski definition) is 4. The molecular formula is C17H19NO4. The third-order valence-electron chi connectivity index (χ3n) is 3.41. The summed E-state index contributed by atoms with van der Waals surface area (Å²) in [6.45, 7) is 2.65. The molecule has 0 aliphatic heterocycles. The first kappa shape index (κ1) is 15.7. The zero-order valence-electron chi connectivity index (χ0n) is 12.6. The van der Waals surface area contributed by atoms with Crippen LogP contribution in [0.4, 0.5) is 0 Å². The fourth-order valence-electron chi connectivity index (χ4n) is 2.22. The quantitative estimate of drug-likeness (QED) is 0.891. The molecular weight excluding hydrogens is 282 g/mol. The Bertz CT molecular complexity index is 649. The highest BCUT2D eigenvalue weighted by atomic mass is 16.5. The molecule has 0 aromatic heterocycles. The van der Waals surface area contributed by atoms with Gasteiger partial charge in [-0.15, -0.1) is 0 Å². The largest absolute Gasteiger partial charge is 0.507 e. The van der Waals surface area contributed by atoms with E-state index in [1.807, 2.05) is 31.2 Å². The maximum Gasteiger partial charge on any atom is 0.261 e. The lowest BCUT2D eigenvalue weighted by atomic mass is 10.1. The van der Waals surface area contributed by atoms with E-state index < -0.39 is 5.91 Å². The predicted molar refractivity (Wildman–Crippen MR) is 83.2 cm³/mol. The van der Waals surface area contributed by atoms with Gasteiger partial charge in [-0.25, -0.2) is 0 Å². The van der Waals surface area contributed by atoms with E-state index in [-0.39, 0.29) is 17.1 Å². The zero-order valence-corrected chi connectivity index (χ0v) is 12.6. The fraction of sp³-hybridized carbons (Fsp3) is 0.235. The first-order valence-corrected chi connectivity index (χ1v) is 7.00. The number of rotatable bonds is 5. The van der Waals surface area contributed by atoms with Crippen LogP contribution in [0.2, 0.25) is 0 Å². The Morgan fingerprint density at radius 2 is 1.77 bits per heavy atom. The lowest BCUT2D eigenvalue weighted by Crippen LogP contribution is -2.30. The summed E-state index contributed by atoms with van der Waals surface area (Å²) in [5.41, 5.74) is 0.830. The summed E-state index contributed by atoms with van der Waals surface area (Å²) >= 11 is 0. The number of carbonyl (C=O) groups excluding carboxylic acids is 1. The van der Waals surface area contributed by atoms with Crippen LogP contribution < -0.4 is 4.74 Å². The maximum atomic E-state index is 12.6. The number of ether oxygens (including phenoxy) is 1. The summed E-state index contributed by atoms with van der Waals surface area (Å²) in [6, 6.07) is 11.7. The molecule has 5 heteroatoms. The fourth-order valence-corrected chi connectivity index (χ4v) is 2.22. The van der Waals surface area contributed by atoms with E-state index in [4.69, 9.17) is 4.74 Å². The normalized spacial score (nSPS) is 10.3. The third-order valence-corrected chi connectivity index (χ3v) is 3.41. The highest BCUT2D eigenvalue weighted by Crippen LogP contribution is 2.28. The summed E-state index contributed by atoms with van der Waals surface area (Å²) in [6.07, 6.45) is 0. The van der Waals surface area contributed by atoms with Crippen LogP contribution in [0.15, 0.2) is 42.5 Å². The van der Waals surface area contributed by atoms with Crippen LogP contribution in [-0.2, 0) is 6.54 Å². The van der Waals surface area contributed by atoms with Gasteiger partial charge in [0.15, 0.2) is 0 Å². The van der Waals surface area contributed by atoms with Crippen molar-refractivity contribution in [1.29, 1.82) is 0 Å². The van der Waals surface area contributed by atoms with E-state index in [1.54, 1.807) is 12.0 Å². The maximum absolute atomic E-state index is 12.6. The molecule has 22 heavy (non-hydrogen) atoms. The van der Waals surface area contributed by atoms with Gasteiger partial charge in [0.25, 0.3) is 5.91 Å². The monoisotopic (exact) mass is 301 g/mol. The number of carbonyl (C=O) groups is 1. The van der Waals surface area contributed by atoms with Crippen molar-refractivity contribution in [3.63, 3.8) is 0 Å². The molecule has 2 rings (SSSR count). The molecule has 2 N–H and O–H groups in total. The highest BCUT2D eigenvalue weighted by molar-refractivity contribution is 5.99. The van der Waals surface area contributed by atoms with Crippen LogP contribution >= 0.6 is 0 Å². The highest BCUT2D eigenvalue weighted by Gasteiger charge is 2.21. The van der Waals surface area contributed by atoms with Gasteiger partial charge in [0.05, 0.1) is 7.11 Å². The number of phenols is 2. The molecule has 0 atom stereocenters. The Morgan fingerprint density at radius 1 is 1.14 bits per heavy atom. The van der Waals surface area contributed by atoms with Gasteiger partial charge in [0.2, 0.25) is 0 Å². The summed E-state index contributed by atoms with van der Waals surface area (Å²) in [5, 5.41) is 19.7. The van der Waals surface area contributed by atoms with Crippen LogP contribution in [0, 0.1) is 0 Å². The first-order valence-electron chi connectivity index (χ1n) is 7.00. The molecule has 0 aliphatic carbocycles. The molecule has 1 amide bonds. The minimum Gasteiger partial charge on any atom is -0.507 e. The molecule has 0 unspecified atom stereocenters. The van der Waals surface area contributed by atoms with E-state index in [1.165, 1.54) is 18.2 Å². The van der Waals surface area contributed by atoms with Crippen LogP contribution in [0.25, 0.3) is 0 Å². The van der Waals surface area contributed by atoms with Crippen molar-refractivity contribution in [2.75, 3.05) is 13.7 Å². The van der Waals surface area contributed by atoms with E-state index >= 15 is 0 Å². The molecule has 116 valence electrons. The Labute approximate surface area is 129 Å². The smallest absolute Gasteiger partial charge is 0.261 e. The lowest BCUT2D eigenvalue weighted by Gasteiger charge is -2.22. The Morgan fingerprint density at radius 3 is 2.36 bits per heavy atom. The summed E-state index contributed by atoms with van der Waals surface area (Å²) < 4.78 is 5.17. The molecule has 2 aromatic carbocycles. The van der Waals surface area contributed by atoms with Gasteiger partial charge < -0.3 is 19.8 Å². The van der Waals surface area contributed by atoms with Gasteiger partial charge in [0.1, 0.15) is 22.8 Å². The molecule has 0 fully saturated rings. The van der Waals surface area contributed by atoms with Gasteiger partial charge in [0, 0.05) is 13.1 Å². The summed E-state index contributed by atoms with van der Waals surface area (Å²) in [7, 11) is 1.59. The van der Waals surface area contributed by atoms with Crippen LogP contribution in [0.1, 0.15) is 22.8 Å². The van der Waals surface area contributed by atoms with Crippen molar-refractivity contribution >= 4 is 5.91 Å². The standard InChI is InChI=1S/C17H19NO4/c1-3-18(11-12-6-4-7-13(10-12)22-2)17(21)16-14(19)8-5-9-15(16)20/h4-10,19-20H,3,11H2,1-2H3. The summed E-state index contributed by atoms with van der Waals surface area (Å²) in [5.74, 6) is -0.157. The van der Waals surface area contributed by atoms with Gasteiger partial charge in [-0.3, -0.25) is 4.79 Å². The number of amides is 1. The van der Waals surface area contributed by atoms with Crippen molar-refractivity contribution in [2.45, 2.75) is 13.5 Å². The van der Waals surface area contributed by atoms with E-state index in [9.17, 15) is 15.0 Å². The minimum absolute atomic E-state index is 0.0766. The van der Waals surface area contributed by atoms with Crippen molar-refractivity contribution in [3.8, 4) is 17.2 Å². The third kappa shape index (κ3) is 3.31. The predicted octanol–water partition coefficient (Wildman–Crippen LogP) is 2.77. The molecule has 0 saturated heterocycles. The van der Waals surface area contributed by atoms with Crippen LogP contribution in [0.3, 0.4) is 0 Å². The number of methoxy groups -OCH3 is 1. The number of phenolic OH excluding ortho intramolecular Hbond substituents is 2. The topological polar surface area (TPSA) is 70.0 Å². The van der Waals surface area contributed by atoms with Gasteiger partial charge in [-0.1, -0.05) is 18.2 Å². The van der Waals surface area contributed by atoms with Crippen molar-refractivity contribution in [3.05, 3.63) is 53.6 Å².